The summed E-state index contributed by atoms with van der Waals surface area (Å²) in [6.07, 6.45) is 6.20. The number of carbonyl (C=O) groups excluding carboxylic acids is 2. The van der Waals surface area contributed by atoms with Gasteiger partial charge in [-0.1, -0.05) is 12.2 Å². The first-order chi connectivity index (χ1) is 6.74. The summed E-state index contributed by atoms with van der Waals surface area (Å²) in [5.74, 6) is -0.0868. The summed E-state index contributed by atoms with van der Waals surface area (Å²) in [4.78, 5) is 23.2. The summed E-state index contributed by atoms with van der Waals surface area (Å²) in [5, 5.41) is 0. The molecule has 0 aromatic rings. The molecule has 0 atom stereocenters. The molecule has 3 nitrogen and oxygen atoms in total. The molecule has 0 saturated carbocycles. The summed E-state index contributed by atoms with van der Waals surface area (Å²) in [6.45, 7) is 0. The number of ketones is 2. The monoisotopic (exact) mass is 190 g/mol. The lowest BCUT2D eigenvalue weighted by atomic mass is 9.86. The Bertz CT molecular complexity index is 397. The van der Waals surface area contributed by atoms with E-state index in [0.29, 0.717) is 24.0 Å². The molecule has 0 bridgehead atoms. The van der Waals surface area contributed by atoms with E-state index in [4.69, 9.17) is 4.74 Å². The maximum absolute atomic E-state index is 11.7. The Kier molecular flexibility index (Phi) is 2.08. The van der Waals surface area contributed by atoms with E-state index >= 15 is 0 Å². The van der Waals surface area contributed by atoms with Crippen LogP contribution in [0.5, 0.6) is 0 Å². The van der Waals surface area contributed by atoms with Gasteiger partial charge in [0.15, 0.2) is 11.5 Å². The second kappa shape index (κ2) is 3.25. The molecular formula is C11H10O3. The van der Waals surface area contributed by atoms with Gasteiger partial charge in [-0.2, -0.15) is 0 Å². The Labute approximate surface area is 81.7 Å². The molecule has 14 heavy (non-hydrogen) atoms. The van der Waals surface area contributed by atoms with E-state index in [-0.39, 0.29) is 17.3 Å². The van der Waals surface area contributed by atoms with Gasteiger partial charge in [-0.15, -0.1) is 0 Å². The summed E-state index contributed by atoms with van der Waals surface area (Å²) >= 11 is 0. The normalized spacial score (nSPS) is 20.8. The highest BCUT2D eigenvalue weighted by Crippen LogP contribution is 2.27. The lowest BCUT2D eigenvalue weighted by Crippen LogP contribution is -2.21. The van der Waals surface area contributed by atoms with Crippen LogP contribution in [0.4, 0.5) is 0 Å². The average Bonchev–Trinajstić information content (AvgIpc) is 2.23. The summed E-state index contributed by atoms with van der Waals surface area (Å²) in [5.41, 5.74) is 1.22. The molecule has 2 aliphatic rings. The zero-order valence-electron chi connectivity index (χ0n) is 7.87. The molecule has 0 radical (unpaired) electrons. The average molecular weight is 190 g/mol. The molecule has 0 fully saturated rings. The number of carbonyl (C=O) groups is 2. The molecule has 0 amide bonds. The fourth-order valence-electron chi connectivity index (χ4n) is 1.70. The van der Waals surface area contributed by atoms with Crippen molar-refractivity contribution >= 4 is 11.6 Å². The molecule has 2 aliphatic carbocycles. The van der Waals surface area contributed by atoms with E-state index in [1.54, 1.807) is 0 Å². The highest BCUT2D eigenvalue weighted by atomic mass is 16.5. The molecule has 0 aliphatic heterocycles. The van der Waals surface area contributed by atoms with E-state index in [2.05, 4.69) is 0 Å². The molecule has 0 saturated heterocycles. The third kappa shape index (κ3) is 1.21. The van der Waals surface area contributed by atoms with E-state index in [0.717, 1.165) is 0 Å². The Morgan fingerprint density at radius 3 is 2.43 bits per heavy atom. The predicted molar refractivity (Wildman–Crippen MR) is 50.5 cm³/mol. The topological polar surface area (TPSA) is 43.4 Å². The van der Waals surface area contributed by atoms with Crippen LogP contribution in [-0.4, -0.2) is 18.7 Å². The Hall–Kier alpha value is -1.64. The Balaban J connectivity index is 2.42. The van der Waals surface area contributed by atoms with Crippen molar-refractivity contribution in [3.63, 3.8) is 0 Å². The zero-order chi connectivity index (χ0) is 10.1. The molecule has 0 N–H and O–H groups in total. The van der Waals surface area contributed by atoms with Gasteiger partial charge in [0.25, 0.3) is 0 Å². The van der Waals surface area contributed by atoms with Crippen LogP contribution in [-0.2, 0) is 14.3 Å². The van der Waals surface area contributed by atoms with Crippen molar-refractivity contribution in [3.05, 3.63) is 35.1 Å². The van der Waals surface area contributed by atoms with Gasteiger partial charge in [0.2, 0.25) is 5.78 Å². The summed E-state index contributed by atoms with van der Waals surface area (Å²) in [6, 6.07) is 0. The van der Waals surface area contributed by atoms with Gasteiger partial charge >= 0.3 is 0 Å². The molecule has 72 valence electrons. The van der Waals surface area contributed by atoms with E-state index in [9.17, 15) is 9.59 Å². The minimum atomic E-state index is -0.147. The van der Waals surface area contributed by atoms with Crippen molar-refractivity contribution in [1.29, 1.82) is 0 Å². The predicted octanol–water partition coefficient (Wildman–Crippen LogP) is 1.32. The summed E-state index contributed by atoms with van der Waals surface area (Å²) < 4.78 is 4.86. The van der Waals surface area contributed by atoms with Crippen molar-refractivity contribution in [1.82, 2.24) is 0 Å². The summed E-state index contributed by atoms with van der Waals surface area (Å²) in [7, 11) is 1.40. The highest BCUT2D eigenvalue weighted by Gasteiger charge is 2.28. The molecule has 0 unspecified atom stereocenters. The molecule has 3 heteroatoms. The van der Waals surface area contributed by atoms with Gasteiger partial charge in [0, 0.05) is 17.2 Å². The Morgan fingerprint density at radius 2 is 1.79 bits per heavy atom. The lowest BCUT2D eigenvalue weighted by Gasteiger charge is -2.18. The zero-order valence-corrected chi connectivity index (χ0v) is 7.87. The van der Waals surface area contributed by atoms with Crippen LogP contribution in [0.2, 0.25) is 0 Å². The van der Waals surface area contributed by atoms with Gasteiger partial charge in [0.1, 0.15) is 0 Å². The van der Waals surface area contributed by atoms with E-state index in [1.807, 2.05) is 12.2 Å². The number of allylic oxidation sites excluding steroid dienone is 5. The fourth-order valence-corrected chi connectivity index (χ4v) is 1.70. The van der Waals surface area contributed by atoms with Crippen molar-refractivity contribution in [2.24, 2.45) is 0 Å². The van der Waals surface area contributed by atoms with Gasteiger partial charge in [-0.25, -0.2) is 0 Å². The van der Waals surface area contributed by atoms with Crippen LogP contribution in [0.1, 0.15) is 12.8 Å². The van der Waals surface area contributed by atoms with Crippen LogP contribution in [0.15, 0.2) is 35.1 Å². The third-order valence-corrected chi connectivity index (χ3v) is 2.45. The number of ether oxygens (including phenoxy) is 1. The quantitative estimate of drug-likeness (QED) is 0.462. The van der Waals surface area contributed by atoms with Gasteiger partial charge in [-0.05, 0) is 12.8 Å². The second-order valence-corrected chi connectivity index (χ2v) is 3.24. The standard InChI is InChI=1S/C11H10O3/c1-14-10-6-9(12)7-4-2-3-5-8(7)11(10)13/h2-3,6H,4-5H2,1H3. The molecule has 0 spiro atoms. The number of hydrogen-bond acceptors (Lipinski definition) is 3. The number of rotatable bonds is 1. The molecular weight excluding hydrogens is 180 g/mol. The first-order valence-corrected chi connectivity index (χ1v) is 4.45. The molecule has 0 aromatic carbocycles. The van der Waals surface area contributed by atoms with Crippen molar-refractivity contribution < 1.29 is 14.3 Å². The van der Waals surface area contributed by atoms with Crippen molar-refractivity contribution in [2.75, 3.05) is 7.11 Å². The van der Waals surface area contributed by atoms with Gasteiger partial charge in [0.05, 0.1) is 7.11 Å². The minimum absolute atomic E-state index is 0.0965. The SMILES string of the molecule is COC1=CC(=O)C2=C(CC=CC2)C1=O. The second-order valence-electron chi connectivity index (χ2n) is 3.24. The molecule has 2 rings (SSSR count). The first-order valence-electron chi connectivity index (χ1n) is 4.45. The number of Topliss-reactive ketones (excluding diaryl/α,β-unsaturated/α-hetero) is 1. The maximum Gasteiger partial charge on any atom is 0.224 e. The van der Waals surface area contributed by atoms with Crippen LogP contribution in [0, 0.1) is 0 Å². The van der Waals surface area contributed by atoms with Gasteiger partial charge < -0.3 is 4.74 Å². The highest BCUT2D eigenvalue weighted by molar-refractivity contribution is 6.22. The van der Waals surface area contributed by atoms with Crippen molar-refractivity contribution in [2.45, 2.75) is 12.8 Å². The van der Waals surface area contributed by atoms with Gasteiger partial charge in [-0.3, -0.25) is 9.59 Å². The first kappa shape index (κ1) is 8.94. The number of methoxy groups -OCH3 is 1. The smallest absolute Gasteiger partial charge is 0.224 e. The fraction of sp³-hybridized carbons (Fsp3) is 0.273. The number of hydrogen-bond donors (Lipinski definition) is 0. The van der Waals surface area contributed by atoms with Crippen LogP contribution in [0.25, 0.3) is 0 Å². The van der Waals surface area contributed by atoms with E-state index in [1.165, 1.54) is 13.2 Å². The van der Waals surface area contributed by atoms with Crippen LogP contribution in [0.3, 0.4) is 0 Å². The van der Waals surface area contributed by atoms with E-state index < -0.39 is 0 Å². The maximum atomic E-state index is 11.7. The third-order valence-electron chi connectivity index (χ3n) is 2.45. The molecule has 0 heterocycles. The van der Waals surface area contributed by atoms with Crippen LogP contribution < -0.4 is 0 Å². The van der Waals surface area contributed by atoms with Crippen molar-refractivity contribution in [3.8, 4) is 0 Å². The van der Waals surface area contributed by atoms with Crippen LogP contribution >= 0.6 is 0 Å². The minimum Gasteiger partial charge on any atom is -0.493 e. The lowest BCUT2D eigenvalue weighted by molar-refractivity contribution is -0.118. The Morgan fingerprint density at radius 1 is 1.14 bits per heavy atom. The molecule has 0 aromatic heterocycles. The largest absolute Gasteiger partial charge is 0.493 e.